The molecular weight excluding hydrogens is 260 g/mol. The Hall–Kier alpha value is -1.89. The summed E-state index contributed by atoms with van der Waals surface area (Å²) in [5.74, 6) is 1.04. The lowest BCUT2D eigenvalue weighted by atomic mass is 10.2. The zero-order chi connectivity index (χ0) is 13.9. The first-order chi connectivity index (χ1) is 9.76. The normalized spacial score (nSPS) is 22.4. The second-order valence-corrected chi connectivity index (χ2v) is 4.99. The van der Waals surface area contributed by atoms with Gasteiger partial charge in [-0.1, -0.05) is 0 Å². The number of morpholine rings is 1. The molecule has 2 fully saturated rings. The van der Waals surface area contributed by atoms with Crippen molar-refractivity contribution in [3.05, 3.63) is 12.3 Å². The lowest BCUT2D eigenvalue weighted by Gasteiger charge is -2.32. The highest BCUT2D eigenvalue weighted by molar-refractivity contribution is 5.82. The van der Waals surface area contributed by atoms with Gasteiger partial charge in [-0.05, 0) is 12.8 Å². The maximum Gasteiger partial charge on any atom is 0.251 e. The topological polar surface area (TPSA) is 76.6 Å². The number of amides is 1. The predicted octanol–water partition coefficient (Wildman–Crippen LogP) is -0.0310. The van der Waals surface area contributed by atoms with Gasteiger partial charge in [-0.3, -0.25) is 4.79 Å². The number of hydrogen-bond donors (Lipinski definition) is 1. The number of carbonyl (C=O) groups is 1. The van der Waals surface area contributed by atoms with Crippen molar-refractivity contribution in [1.29, 1.82) is 0 Å². The molecule has 1 saturated carbocycles. The SMILES string of the molecule is COc1ccnc(N2CCOC(C(=O)NC3CC3)C2)n1. The molecule has 1 unspecified atom stereocenters. The van der Waals surface area contributed by atoms with Gasteiger partial charge in [0.1, 0.15) is 0 Å². The van der Waals surface area contributed by atoms with Crippen molar-refractivity contribution in [2.75, 3.05) is 31.7 Å². The second kappa shape index (κ2) is 5.62. The van der Waals surface area contributed by atoms with Crippen LogP contribution in [0.4, 0.5) is 5.95 Å². The molecule has 1 aromatic heterocycles. The number of nitrogens with one attached hydrogen (secondary N) is 1. The minimum absolute atomic E-state index is 0.0416. The molecule has 1 amide bonds. The molecule has 0 spiro atoms. The first-order valence-electron chi connectivity index (χ1n) is 6.80. The molecular formula is C13H18N4O3. The number of ether oxygens (including phenoxy) is 2. The Balaban J connectivity index is 1.65. The van der Waals surface area contributed by atoms with Crippen molar-refractivity contribution in [3.8, 4) is 5.88 Å². The van der Waals surface area contributed by atoms with Crippen LogP contribution in [0.15, 0.2) is 12.3 Å². The van der Waals surface area contributed by atoms with Crippen molar-refractivity contribution in [1.82, 2.24) is 15.3 Å². The number of hydrogen-bond acceptors (Lipinski definition) is 6. The summed E-state index contributed by atoms with van der Waals surface area (Å²) in [7, 11) is 1.57. The summed E-state index contributed by atoms with van der Waals surface area (Å²) in [6.07, 6.45) is 3.33. The molecule has 0 aromatic carbocycles. The number of nitrogens with zero attached hydrogens (tertiary/aromatic N) is 3. The van der Waals surface area contributed by atoms with E-state index in [1.165, 1.54) is 0 Å². The second-order valence-electron chi connectivity index (χ2n) is 4.99. The van der Waals surface area contributed by atoms with E-state index in [9.17, 15) is 4.79 Å². The fraction of sp³-hybridized carbons (Fsp3) is 0.615. The Kier molecular flexibility index (Phi) is 3.68. The zero-order valence-corrected chi connectivity index (χ0v) is 11.4. The van der Waals surface area contributed by atoms with Crippen molar-refractivity contribution < 1.29 is 14.3 Å². The van der Waals surface area contributed by atoms with E-state index >= 15 is 0 Å². The summed E-state index contributed by atoms with van der Waals surface area (Å²) < 4.78 is 10.6. The highest BCUT2D eigenvalue weighted by Gasteiger charge is 2.32. The van der Waals surface area contributed by atoms with Crippen LogP contribution >= 0.6 is 0 Å². The average Bonchev–Trinajstić information content (AvgIpc) is 3.31. The molecule has 3 rings (SSSR count). The van der Waals surface area contributed by atoms with Gasteiger partial charge in [0.2, 0.25) is 11.8 Å². The molecule has 2 heterocycles. The molecule has 7 nitrogen and oxygen atoms in total. The number of carbonyl (C=O) groups excluding carboxylic acids is 1. The number of aromatic nitrogens is 2. The summed E-state index contributed by atoms with van der Waals surface area (Å²) in [6, 6.07) is 2.04. The highest BCUT2D eigenvalue weighted by Crippen LogP contribution is 2.20. The molecule has 1 saturated heterocycles. The molecule has 1 aliphatic carbocycles. The minimum Gasteiger partial charge on any atom is -0.481 e. The third kappa shape index (κ3) is 2.98. The fourth-order valence-electron chi connectivity index (χ4n) is 2.11. The standard InChI is InChI=1S/C13H18N4O3/c1-19-11-4-5-14-13(16-11)17-6-7-20-10(8-17)12(18)15-9-2-3-9/h4-5,9-10H,2-3,6-8H2,1H3,(H,15,18). The Labute approximate surface area is 117 Å². The number of rotatable bonds is 4. The Bertz CT molecular complexity index is 492. The summed E-state index contributed by atoms with van der Waals surface area (Å²) in [4.78, 5) is 22.5. The van der Waals surface area contributed by atoms with Crippen LogP contribution in [0.2, 0.25) is 0 Å². The van der Waals surface area contributed by atoms with Crippen molar-refractivity contribution >= 4 is 11.9 Å². The van der Waals surface area contributed by atoms with E-state index in [1.54, 1.807) is 19.4 Å². The van der Waals surface area contributed by atoms with Crippen LogP contribution in [0.1, 0.15) is 12.8 Å². The van der Waals surface area contributed by atoms with Gasteiger partial charge in [0, 0.05) is 24.8 Å². The Morgan fingerprint density at radius 2 is 2.40 bits per heavy atom. The molecule has 1 aromatic rings. The van der Waals surface area contributed by atoms with Crippen LogP contribution in [0.3, 0.4) is 0 Å². The van der Waals surface area contributed by atoms with Gasteiger partial charge in [0.05, 0.1) is 20.3 Å². The van der Waals surface area contributed by atoms with Crippen molar-refractivity contribution in [3.63, 3.8) is 0 Å². The smallest absolute Gasteiger partial charge is 0.251 e. The summed E-state index contributed by atoms with van der Waals surface area (Å²) in [6.45, 7) is 1.62. The lowest BCUT2D eigenvalue weighted by Crippen LogP contribution is -2.50. The quantitative estimate of drug-likeness (QED) is 0.833. The van der Waals surface area contributed by atoms with Gasteiger partial charge in [-0.15, -0.1) is 0 Å². The average molecular weight is 278 g/mol. The molecule has 1 aliphatic heterocycles. The first-order valence-corrected chi connectivity index (χ1v) is 6.80. The third-order valence-electron chi connectivity index (χ3n) is 3.39. The summed E-state index contributed by atoms with van der Waals surface area (Å²) in [5, 5.41) is 2.96. The van der Waals surface area contributed by atoms with Gasteiger partial charge in [-0.2, -0.15) is 4.98 Å². The molecule has 2 aliphatic rings. The predicted molar refractivity (Wildman–Crippen MR) is 71.7 cm³/mol. The van der Waals surface area contributed by atoms with Gasteiger partial charge in [0.25, 0.3) is 5.91 Å². The van der Waals surface area contributed by atoms with Crippen LogP contribution < -0.4 is 15.0 Å². The van der Waals surface area contributed by atoms with Crippen LogP contribution in [0.25, 0.3) is 0 Å². The zero-order valence-electron chi connectivity index (χ0n) is 11.4. The maximum atomic E-state index is 12.0. The van der Waals surface area contributed by atoms with E-state index in [-0.39, 0.29) is 5.91 Å². The molecule has 108 valence electrons. The molecule has 7 heteroatoms. The first kappa shape index (κ1) is 13.1. The van der Waals surface area contributed by atoms with Crippen LogP contribution in [-0.2, 0) is 9.53 Å². The van der Waals surface area contributed by atoms with Crippen molar-refractivity contribution in [2.45, 2.75) is 25.0 Å². The van der Waals surface area contributed by atoms with E-state index < -0.39 is 6.10 Å². The fourth-order valence-corrected chi connectivity index (χ4v) is 2.11. The minimum atomic E-state index is -0.459. The number of anilines is 1. The van der Waals surface area contributed by atoms with Gasteiger partial charge in [-0.25, -0.2) is 4.98 Å². The van der Waals surface area contributed by atoms with Gasteiger partial charge in [0.15, 0.2) is 6.10 Å². The maximum absolute atomic E-state index is 12.0. The lowest BCUT2D eigenvalue weighted by molar-refractivity contribution is -0.133. The van der Waals surface area contributed by atoms with Crippen LogP contribution in [0, 0.1) is 0 Å². The van der Waals surface area contributed by atoms with Crippen molar-refractivity contribution in [2.24, 2.45) is 0 Å². The van der Waals surface area contributed by atoms with E-state index in [2.05, 4.69) is 15.3 Å². The molecule has 1 atom stereocenters. The largest absolute Gasteiger partial charge is 0.481 e. The van der Waals surface area contributed by atoms with E-state index in [0.717, 1.165) is 12.8 Å². The monoisotopic (exact) mass is 278 g/mol. The molecule has 0 radical (unpaired) electrons. The molecule has 20 heavy (non-hydrogen) atoms. The molecule has 1 N–H and O–H groups in total. The van der Waals surface area contributed by atoms with Gasteiger partial charge < -0.3 is 19.7 Å². The van der Waals surface area contributed by atoms with Gasteiger partial charge >= 0.3 is 0 Å². The number of methoxy groups -OCH3 is 1. The highest BCUT2D eigenvalue weighted by atomic mass is 16.5. The Morgan fingerprint density at radius 1 is 1.55 bits per heavy atom. The van der Waals surface area contributed by atoms with E-state index in [4.69, 9.17) is 9.47 Å². The molecule has 0 bridgehead atoms. The van der Waals surface area contributed by atoms with E-state index in [0.29, 0.717) is 37.6 Å². The van der Waals surface area contributed by atoms with Crippen LogP contribution in [0.5, 0.6) is 5.88 Å². The third-order valence-corrected chi connectivity index (χ3v) is 3.39. The Morgan fingerprint density at radius 3 is 3.15 bits per heavy atom. The van der Waals surface area contributed by atoms with E-state index in [1.807, 2.05) is 4.90 Å². The summed E-state index contributed by atoms with van der Waals surface area (Å²) in [5.41, 5.74) is 0. The summed E-state index contributed by atoms with van der Waals surface area (Å²) >= 11 is 0. The van der Waals surface area contributed by atoms with Crippen LogP contribution in [-0.4, -0.2) is 54.8 Å².